The van der Waals surface area contributed by atoms with Gasteiger partial charge in [-0.2, -0.15) is 0 Å². The van der Waals surface area contributed by atoms with Crippen molar-refractivity contribution in [2.45, 2.75) is 6.04 Å². The molecule has 1 aliphatic heterocycles. The zero-order valence-corrected chi connectivity index (χ0v) is 13.8. The average Bonchev–Trinajstić information content (AvgIpc) is 2.64. The second-order valence-electron chi connectivity index (χ2n) is 5.65. The van der Waals surface area contributed by atoms with Crippen molar-refractivity contribution in [3.63, 3.8) is 0 Å². The van der Waals surface area contributed by atoms with Gasteiger partial charge in [0.05, 0.1) is 26.0 Å². The Kier molecular flexibility index (Phi) is 5.46. The molecule has 1 N–H and O–H groups in total. The fourth-order valence-electron chi connectivity index (χ4n) is 2.95. The van der Waals surface area contributed by atoms with Crippen molar-refractivity contribution >= 4 is 11.6 Å². The maximum Gasteiger partial charge on any atom is 0.246 e. The minimum absolute atomic E-state index is 0.0624. The van der Waals surface area contributed by atoms with Gasteiger partial charge in [-0.3, -0.25) is 9.69 Å². The van der Waals surface area contributed by atoms with Gasteiger partial charge in [-0.1, -0.05) is 42.5 Å². The van der Waals surface area contributed by atoms with Crippen LogP contribution in [-0.2, 0) is 9.53 Å². The largest absolute Gasteiger partial charge is 0.495 e. The minimum Gasteiger partial charge on any atom is -0.495 e. The molecule has 1 atom stereocenters. The monoisotopic (exact) mass is 326 g/mol. The lowest BCUT2D eigenvalue weighted by Crippen LogP contribution is -2.43. The molecule has 5 nitrogen and oxygen atoms in total. The van der Waals surface area contributed by atoms with Gasteiger partial charge in [0, 0.05) is 13.1 Å². The Morgan fingerprint density at radius 2 is 1.75 bits per heavy atom. The van der Waals surface area contributed by atoms with E-state index in [0.29, 0.717) is 24.7 Å². The Balaban J connectivity index is 1.85. The Labute approximate surface area is 142 Å². The molecule has 1 saturated heterocycles. The lowest BCUT2D eigenvalue weighted by atomic mass is 10.0. The number of ether oxygens (including phenoxy) is 2. The second kappa shape index (κ2) is 7.95. The topological polar surface area (TPSA) is 50.8 Å². The lowest BCUT2D eigenvalue weighted by Gasteiger charge is -2.33. The van der Waals surface area contributed by atoms with Crippen LogP contribution in [0.15, 0.2) is 54.6 Å². The maximum absolute atomic E-state index is 13.0. The molecule has 1 fully saturated rings. The second-order valence-corrected chi connectivity index (χ2v) is 5.65. The molecule has 5 heteroatoms. The molecule has 1 heterocycles. The Morgan fingerprint density at radius 1 is 1.08 bits per heavy atom. The van der Waals surface area contributed by atoms with Gasteiger partial charge in [-0.25, -0.2) is 0 Å². The number of methoxy groups -OCH3 is 1. The van der Waals surface area contributed by atoms with E-state index in [4.69, 9.17) is 9.47 Å². The number of carbonyl (C=O) groups is 1. The third-order valence-electron chi connectivity index (χ3n) is 4.14. The van der Waals surface area contributed by atoms with E-state index < -0.39 is 0 Å². The van der Waals surface area contributed by atoms with Gasteiger partial charge in [0.1, 0.15) is 11.8 Å². The highest BCUT2D eigenvalue weighted by Gasteiger charge is 2.29. The van der Waals surface area contributed by atoms with E-state index in [1.807, 2.05) is 54.6 Å². The van der Waals surface area contributed by atoms with Crippen LogP contribution in [0, 0.1) is 0 Å². The zero-order chi connectivity index (χ0) is 16.8. The molecule has 0 spiro atoms. The van der Waals surface area contributed by atoms with Gasteiger partial charge >= 0.3 is 0 Å². The number of morpholine rings is 1. The normalized spacial score (nSPS) is 16.4. The molecule has 126 valence electrons. The number of nitrogens with one attached hydrogen (secondary N) is 1. The van der Waals surface area contributed by atoms with E-state index in [9.17, 15) is 4.79 Å². The number of hydrogen-bond donors (Lipinski definition) is 1. The number of nitrogens with zero attached hydrogens (tertiary/aromatic N) is 1. The highest BCUT2D eigenvalue weighted by molar-refractivity contribution is 5.96. The summed E-state index contributed by atoms with van der Waals surface area (Å²) >= 11 is 0. The molecule has 2 aromatic carbocycles. The van der Waals surface area contributed by atoms with E-state index in [2.05, 4.69) is 10.2 Å². The Hall–Kier alpha value is -2.37. The van der Waals surface area contributed by atoms with Crippen molar-refractivity contribution in [2.75, 3.05) is 38.7 Å². The molecule has 24 heavy (non-hydrogen) atoms. The molecule has 3 rings (SSSR count). The summed E-state index contributed by atoms with van der Waals surface area (Å²) < 4.78 is 10.8. The first-order valence-corrected chi connectivity index (χ1v) is 8.10. The van der Waals surface area contributed by atoms with Crippen LogP contribution in [0.5, 0.6) is 5.75 Å². The zero-order valence-electron chi connectivity index (χ0n) is 13.8. The van der Waals surface area contributed by atoms with Crippen LogP contribution in [0.2, 0.25) is 0 Å². The summed E-state index contributed by atoms with van der Waals surface area (Å²) in [6.45, 7) is 2.76. The van der Waals surface area contributed by atoms with Crippen LogP contribution >= 0.6 is 0 Å². The fourth-order valence-corrected chi connectivity index (χ4v) is 2.95. The number of para-hydroxylation sites is 2. The van der Waals surface area contributed by atoms with Crippen LogP contribution in [-0.4, -0.2) is 44.2 Å². The van der Waals surface area contributed by atoms with Crippen molar-refractivity contribution in [2.24, 2.45) is 0 Å². The SMILES string of the molecule is COc1ccccc1NC(=O)C(c1ccccc1)N1CCOCC1. The van der Waals surface area contributed by atoms with Crippen LogP contribution < -0.4 is 10.1 Å². The van der Waals surface area contributed by atoms with Crippen LogP contribution in [0.1, 0.15) is 11.6 Å². The van der Waals surface area contributed by atoms with Gasteiger partial charge < -0.3 is 14.8 Å². The van der Waals surface area contributed by atoms with Gasteiger partial charge in [-0.15, -0.1) is 0 Å². The minimum atomic E-state index is -0.347. The molecular formula is C19H22N2O3. The molecule has 1 amide bonds. The number of benzene rings is 2. The van der Waals surface area contributed by atoms with Crippen molar-refractivity contribution in [1.82, 2.24) is 4.90 Å². The van der Waals surface area contributed by atoms with Crippen LogP contribution in [0.4, 0.5) is 5.69 Å². The van der Waals surface area contributed by atoms with E-state index in [1.165, 1.54) is 0 Å². The highest BCUT2D eigenvalue weighted by Crippen LogP contribution is 2.27. The summed E-state index contributed by atoms with van der Waals surface area (Å²) in [5.74, 6) is 0.590. The third-order valence-corrected chi connectivity index (χ3v) is 4.14. The standard InChI is InChI=1S/C19H22N2O3/c1-23-17-10-6-5-9-16(17)20-19(22)18(15-7-3-2-4-8-15)21-11-13-24-14-12-21/h2-10,18H,11-14H2,1H3,(H,20,22). The first-order chi connectivity index (χ1) is 11.8. The number of hydrogen-bond acceptors (Lipinski definition) is 4. The van der Waals surface area contributed by atoms with Crippen LogP contribution in [0.25, 0.3) is 0 Å². The van der Waals surface area contributed by atoms with Crippen molar-refractivity contribution in [3.05, 3.63) is 60.2 Å². The lowest BCUT2D eigenvalue weighted by molar-refractivity contribution is -0.123. The first kappa shape index (κ1) is 16.5. The quantitative estimate of drug-likeness (QED) is 0.918. The van der Waals surface area contributed by atoms with E-state index >= 15 is 0 Å². The molecule has 2 aromatic rings. The molecule has 0 aliphatic carbocycles. The number of carbonyl (C=O) groups excluding carboxylic acids is 1. The van der Waals surface area contributed by atoms with Crippen molar-refractivity contribution < 1.29 is 14.3 Å². The molecular weight excluding hydrogens is 304 g/mol. The first-order valence-electron chi connectivity index (χ1n) is 8.10. The Bertz CT molecular complexity index is 669. The fraction of sp³-hybridized carbons (Fsp3) is 0.316. The van der Waals surface area contributed by atoms with E-state index in [1.54, 1.807) is 7.11 Å². The predicted molar refractivity (Wildman–Crippen MR) is 93.2 cm³/mol. The van der Waals surface area contributed by atoms with Gasteiger partial charge in [0.25, 0.3) is 0 Å². The summed E-state index contributed by atoms with van der Waals surface area (Å²) in [5, 5.41) is 3.01. The highest BCUT2D eigenvalue weighted by atomic mass is 16.5. The van der Waals surface area contributed by atoms with Crippen LogP contribution in [0.3, 0.4) is 0 Å². The van der Waals surface area contributed by atoms with Gasteiger partial charge in [0.15, 0.2) is 0 Å². The van der Waals surface area contributed by atoms with Crippen molar-refractivity contribution in [3.8, 4) is 5.75 Å². The van der Waals surface area contributed by atoms with E-state index in [-0.39, 0.29) is 11.9 Å². The molecule has 0 saturated carbocycles. The molecule has 0 radical (unpaired) electrons. The molecule has 1 aliphatic rings. The number of anilines is 1. The maximum atomic E-state index is 13.0. The summed E-state index contributed by atoms with van der Waals surface area (Å²) in [6, 6.07) is 16.9. The Morgan fingerprint density at radius 3 is 2.46 bits per heavy atom. The number of amides is 1. The summed E-state index contributed by atoms with van der Waals surface area (Å²) in [6.07, 6.45) is 0. The van der Waals surface area contributed by atoms with Gasteiger partial charge in [0.2, 0.25) is 5.91 Å². The predicted octanol–water partition coefficient (Wildman–Crippen LogP) is 2.71. The molecule has 1 unspecified atom stereocenters. The molecule has 0 aromatic heterocycles. The van der Waals surface area contributed by atoms with Crippen molar-refractivity contribution in [1.29, 1.82) is 0 Å². The van der Waals surface area contributed by atoms with Gasteiger partial charge in [-0.05, 0) is 17.7 Å². The summed E-state index contributed by atoms with van der Waals surface area (Å²) in [5.41, 5.74) is 1.66. The molecule has 0 bridgehead atoms. The third kappa shape index (κ3) is 3.75. The average molecular weight is 326 g/mol. The summed E-state index contributed by atoms with van der Waals surface area (Å²) in [4.78, 5) is 15.2. The summed E-state index contributed by atoms with van der Waals surface area (Å²) in [7, 11) is 1.60. The smallest absolute Gasteiger partial charge is 0.246 e. The number of rotatable bonds is 5. The van der Waals surface area contributed by atoms with E-state index in [0.717, 1.165) is 18.7 Å².